The Labute approximate surface area is 324 Å². The van der Waals surface area contributed by atoms with Crippen LogP contribution in [0, 0.1) is 13.8 Å². The summed E-state index contributed by atoms with van der Waals surface area (Å²) in [4.78, 5) is 29.8. The second-order valence-electron chi connectivity index (χ2n) is 14.1. The molecule has 10 rings (SSSR count). The van der Waals surface area contributed by atoms with E-state index in [1.807, 2.05) is 68.7 Å². The van der Waals surface area contributed by atoms with Crippen LogP contribution in [-0.4, -0.2) is 29.9 Å². The number of hydrogen-bond acceptors (Lipinski definition) is 6. The van der Waals surface area contributed by atoms with Gasteiger partial charge in [-0.25, -0.2) is 24.9 Å². The molecule has 0 amide bonds. The summed E-state index contributed by atoms with van der Waals surface area (Å²) in [6.45, 7) is 4.02. The van der Waals surface area contributed by atoms with Crippen LogP contribution in [0.25, 0.3) is 100 Å². The average molecular weight is 719 g/mol. The minimum Gasteiger partial charge on any atom is -0.255 e. The third kappa shape index (κ3) is 6.03. The van der Waals surface area contributed by atoms with Crippen molar-refractivity contribution in [3.63, 3.8) is 0 Å². The van der Waals surface area contributed by atoms with Gasteiger partial charge in [0.2, 0.25) is 0 Å². The highest BCUT2D eigenvalue weighted by Gasteiger charge is 2.18. The lowest BCUT2D eigenvalue weighted by Gasteiger charge is -2.15. The average Bonchev–Trinajstić information content (AvgIpc) is 3.27. The summed E-state index contributed by atoms with van der Waals surface area (Å²) in [5, 5.41) is 6.98. The highest BCUT2D eigenvalue weighted by atomic mass is 15.0. The summed E-state index contributed by atoms with van der Waals surface area (Å²) in [7, 11) is 0. The molecule has 56 heavy (non-hydrogen) atoms. The van der Waals surface area contributed by atoms with Gasteiger partial charge in [0, 0.05) is 45.9 Å². The quantitative estimate of drug-likeness (QED) is 0.159. The van der Waals surface area contributed by atoms with Gasteiger partial charge >= 0.3 is 0 Å². The number of benzene rings is 7. The molecule has 0 saturated heterocycles. The molecule has 7 aromatic carbocycles. The zero-order valence-electron chi connectivity index (χ0n) is 30.8. The Morgan fingerprint density at radius 3 is 1.77 bits per heavy atom. The Balaban J connectivity index is 1.21. The van der Waals surface area contributed by atoms with Crippen LogP contribution in [0.15, 0.2) is 170 Å². The Bertz CT molecular complexity index is 3100. The minimum absolute atomic E-state index is 0.579. The number of fused-ring (bicyclic) bond motifs is 4. The number of hydrogen-bond donors (Lipinski definition) is 0. The minimum atomic E-state index is 0.579. The van der Waals surface area contributed by atoms with Crippen molar-refractivity contribution in [2.75, 3.05) is 0 Å². The van der Waals surface area contributed by atoms with E-state index in [2.05, 4.69) is 120 Å². The van der Waals surface area contributed by atoms with Gasteiger partial charge in [-0.3, -0.25) is 4.98 Å². The number of rotatable bonds is 6. The number of pyridine rings is 1. The maximum Gasteiger partial charge on any atom is 0.164 e. The Morgan fingerprint density at radius 2 is 0.982 bits per heavy atom. The molecular weight excluding hydrogens is 685 g/mol. The molecule has 10 aromatic rings. The van der Waals surface area contributed by atoms with E-state index in [4.69, 9.17) is 24.9 Å². The molecular formula is C50H34N6. The lowest BCUT2D eigenvalue weighted by molar-refractivity contribution is 1.07. The molecule has 0 aliphatic heterocycles. The maximum atomic E-state index is 5.24. The van der Waals surface area contributed by atoms with Crippen molar-refractivity contribution in [3.05, 3.63) is 181 Å². The van der Waals surface area contributed by atoms with Crippen molar-refractivity contribution >= 4 is 32.3 Å². The number of nitrogens with zero attached hydrogens (tertiary/aromatic N) is 6. The smallest absolute Gasteiger partial charge is 0.164 e. The lowest BCUT2D eigenvalue weighted by Crippen LogP contribution is -2.01. The van der Waals surface area contributed by atoms with Crippen molar-refractivity contribution in [3.8, 4) is 67.9 Å². The monoisotopic (exact) mass is 718 g/mol. The van der Waals surface area contributed by atoms with Crippen molar-refractivity contribution in [1.29, 1.82) is 0 Å². The molecule has 0 N–H and O–H groups in total. The SMILES string of the molecule is Cc1cnc(-c2ccc(-c3cc(-c4nc(-c5ccccc5)nc(-c5cccc6ccccc56)n4)cc(-c4cc5ccccc5c5ccccc45)c3)nc2)nc1C. The topological polar surface area (TPSA) is 77.3 Å². The van der Waals surface area contributed by atoms with E-state index >= 15 is 0 Å². The molecule has 0 fully saturated rings. The van der Waals surface area contributed by atoms with E-state index in [9.17, 15) is 0 Å². The van der Waals surface area contributed by atoms with Crippen LogP contribution in [0.5, 0.6) is 0 Å². The van der Waals surface area contributed by atoms with E-state index in [0.29, 0.717) is 23.3 Å². The summed E-state index contributed by atoms with van der Waals surface area (Å²) in [6, 6.07) is 54.9. The molecule has 0 atom stereocenters. The first kappa shape index (κ1) is 33.2. The largest absolute Gasteiger partial charge is 0.255 e. The molecule has 6 heteroatoms. The van der Waals surface area contributed by atoms with E-state index < -0.39 is 0 Å². The second-order valence-corrected chi connectivity index (χ2v) is 14.1. The highest BCUT2D eigenvalue weighted by Crippen LogP contribution is 2.39. The lowest BCUT2D eigenvalue weighted by atomic mass is 9.91. The summed E-state index contributed by atoms with van der Waals surface area (Å²) in [6.07, 6.45) is 3.71. The van der Waals surface area contributed by atoms with Gasteiger partial charge in [-0.2, -0.15) is 0 Å². The van der Waals surface area contributed by atoms with Crippen LogP contribution in [0.1, 0.15) is 11.3 Å². The zero-order chi connectivity index (χ0) is 37.6. The van der Waals surface area contributed by atoms with Crippen LogP contribution < -0.4 is 0 Å². The van der Waals surface area contributed by atoms with Crippen LogP contribution in [-0.2, 0) is 0 Å². The second kappa shape index (κ2) is 13.8. The molecule has 0 saturated carbocycles. The fourth-order valence-corrected chi connectivity index (χ4v) is 7.48. The molecule has 0 aliphatic rings. The first-order chi connectivity index (χ1) is 27.6. The van der Waals surface area contributed by atoms with Crippen LogP contribution >= 0.6 is 0 Å². The van der Waals surface area contributed by atoms with Gasteiger partial charge in [-0.1, -0.05) is 121 Å². The number of aryl methyl sites for hydroxylation is 2. The van der Waals surface area contributed by atoms with Crippen molar-refractivity contribution in [2.45, 2.75) is 13.8 Å². The van der Waals surface area contributed by atoms with Crippen LogP contribution in [0.4, 0.5) is 0 Å². The first-order valence-corrected chi connectivity index (χ1v) is 18.7. The van der Waals surface area contributed by atoms with Gasteiger partial charge < -0.3 is 0 Å². The Kier molecular flexibility index (Phi) is 8.15. The Morgan fingerprint density at radius 1 is 0.339 bits per heavy atom. The zero-order valence-corrected chi connectivity index (χ0v) is 30.8. The standard InChI is InChI=1S/C50H34N6/c1-31-29-52-47(53-32(31)2)36-23-24-46(51-30-36)38-25-37(45-28-35-16-7-9-19-41(35)42-20-10-11-21-43(42)45)26-39(27-38)49-54-48(34-14-4-3-5-15-34)55-50(56-49)44-22-12-17-33-13-6-8-18-40(33)44/h3-30H,1-2H3. The van der Waals surface area contributed by atoms with Gasteiger partial charge in [0.05, 0.1) is 5.69 Å². The summed E-state index contributed by atoms with van der Waals surface area (Å²) in [5.74, 6) is 2.46. The molecule has 0 unspecified atom stereocenters. The fraction of sp³-hybridized carbons (Fsp3) is 0.0400. The molecule has 264 valence electrons. The van der Waals surface area contributed by atoms with E-state index in [0.717, 1.165) is 66.7 Å². The molecule has 0 bridgehead atoms. The molecule has 0 radical (unpaired) electrons. The molecule has 3 heterocycles. The molecule has 0 aliphatic carbocycles. The van der Waals surface area contributed by atoms with Gasteiger partial charge in [-0.15, -0.1) is 0 Å². The first-order valence-electron chi connectivity index (χ1n) is 18.7. The fourth-order valence-electron chi connectivity index (χ4n) is 7.48. The Hall–Kier alpha value is -7.44. The van der Waals surface area contributed by atoms with Gasteiger partial charge in [0.25, 0.3) is 0 Å². The number of aromatic nitrogens is 6. The predicted molar refractivity (Wildman–Crippen MR) is 228 cm³/mol. The predicted octanol–water partition coefficient (Wildman–Crippen LogP) is 12.1. The van der Waals surface area contributed by atoms with Gasteiger partial charge in [0.15, 0.2) is 23.3 Å². The van der Waals surface area contributed by atoms with E-state index in [-0.39, 0.29) is 0 Å². The third-order valence-electron chi connectivity index (χ3n) is 10.5. The molecule has 3 aromatic heterocycles. The molecule has 0 spiro atoms. The summed E-state index contributed by atoms with van der Waals surface area (Å²) >= 11 is 0. The maximum absolute atomic E-state index is 5.24. The van der Waals surface area contributed by atoms with Crippen LogP contribution in [0.3, 0.4) is 0 Å². The van der Waals surface area contributed by atoms with Gasteiger partial charge in [-0.05, 0) is 99.3 Å². The highest BCUT2D eigenvalue weighted by molar-refractivity contribution is 6.14. The van der Waals surface area contributed by atoms with Crippen molar-refractivity contribution in [1.82, 2.24) is 29.9 Å². The summed E-state index contributed by atoms with van der Waals surface area (Å²) < 4.78 is 0. The van der Waals surface area contributed by atoms with E-state index in [1.165, 1.54) is 21.5 Å². The van der Waals surface area contributed by atoms with Crippen molar-refractivity contribution < 1.29 is 0 Å². The summed E-state index contributed by atoms with van der Waals surface area (Å²) in [5.41, 5.74) is 9.51. The van der Waals surface area contributed by atoms with E-state index in [1.54, 1.807) is 0 Å². The van der Waals surface area contributed by atoms with Crippen LogP contribution in [0.2, 0.25) is 0 Å². The van der Waals surface area contributed by atoms with Crippen molar-refractivity contribution in [2.24, 2.45) is 0 Å². The normalized spacial score (nSPS) is 11.4. The third-order valence-corrected chi connectivity index (χ3v) is 10.5. The van der Waals surface area contributed by atoms with Gasteiger partial charge in [0.1, 0.15) is 0 Å². The molecule has 6 nitrogen and oxygen atoms in total.